The molecule has 1 aromatic heterocycles. The maximum Gasteiger partial charge on any atom is 0.0695 e. The quantitative estimate of drug-likeness (QED) is 0.724. The highest BCUT2D eigenvalue weighted by Crippen LogP contribution is 2.22. The molecule has 0 amide bonds. The Bertz CT molecular complexity index is 659. The van der Waals surface area contributed by atoms with Crippen LogP contribution in [0.3, 0.4) is 0 Å². The van der Waals surface area contributed by atoms with Gasteiger partial charge in [-0.15, -0.1) is 0 Å². The summed E-state index contributed by atoms with van der Waals surface area (Å²) in [5, 5.41) is 20.5. The van der Waals surface area contributed by atoms with Crippen molar-refractivity contribution in [3.8, 4) is 11.3 Å². The fourth-order valence-corrected chi connectivity index (χ4v) is 3.65. The van der Waals surface area contributed by atoms with E-state index in [2.05, 4.69) is 51.6 Å². The Labute approximate surface area is 150 Å². The first-order chi connectivity index (χ1) is 12.1. The molecule has 1 aliphatic heterocycles. The number of rotatable bonds is 7. The van der Waals surface area contributed by atoms with Gasteiger partial charge in [0.15, 0.2) is 0 Å². The standard InChI is InChI=1S/C20H30N4O/c1-15-4-3-5-18(10-15)20-19(13-22-23-20)12-21-11-17-6-8-24(9-7-17)14-16(2)25/h3-5,10,13,16-17,21,25H,6-9,11-12,14H2,1-2H3,(H,22,23)/t16-/m1/s1. The summed E-state index contributed by atoms with van der Waals surface area (Å²) in [6.45, 7) is 8.85. The molecule has 1 fully saturated rings. The minimum Gasteiger partial charge on any atom is -0.392 e. The molecule has 1 saturated heterocycles. The molecule has 2 aromatic rings. The molecule has 3 N–H and O–H groups in total. The third kappa shape index (κ3) is 5.14. The average Bonchev–Trinajstić information content (AvgIpc) is 3.04. The molecule has 5 nitrogen and oxygen atoms in total. The van der Waals surface area contributed by atoms with Crippen LogP contribution in [0.1, 0.15) is 30.9 Å². The molecule has 0 spiro atoms. The number of β-amino-alcohol motifs (C(OH)–C–C–N with tert-alkyl or cyclic N) is 1. The van der Waals surface area contributed by atoms with Gasteiger partial charge in [-0.25, -0.2) is 0 Å². The normalized spacial score (nSPS) is 17.7. The number of aromatic amines is 1. The van der Waals surface area contributed by atoms with Crippen LogP contribution in [0.2, 0.25) is 0 Å². The van der Waals surface area contributed by atoms with Gasteiger partial charge in [-0.1, -0.05) is 23.8 Å². The van der Waals surface area contributed by atoms with E-state index in [1.54, 1.807) is 0 Å². The van der Waals surface area contributed by atoms with Crippen LogP contribution in [0, 0.1) is 12.8 Å². The molecule has 1 atom stereocenters. The second-order valence-electron chi connectivity index (χ2n) is 7.36. The van der Waals surface area contributed by atoms with E-state index in [-0.39, 0.29) is 6.10 Å². The minimum absolute atomic E-state index is 0.226. The number of aromatic nitrogens is 2. The van der Waals surface area contributed by atoms with Gasteiger partial charge in [0.05, 0.1) is 18.0 Å². The third-order valence-electron chi connectivity index (χ3n) is 5.00. The van der Waals surface area contributed by atoms with Crippen LogP contribution < -0.4 is 5.32 Å². The molecular formula is C20H30N4O. The smallest absolute Gasteiger partial charge is 0.0695 e. The number of nitrogens with one attached hydrogen (secondary N) is 2. The van der Waals surface area contributed by atoms with E-state index < -0.39 is 0 Å². The van der Waals surface area contributed by atoms with Crippen molar-refractivity contribution in [2.75, 3.05) is 26.2 Å². The van der Waals surface area contributed by atoms with Crippen LogP contribution in [0.15, 0.2) is 30.5 Å². The highest BCUT2D eigenvalue weighted by molar-refractivity contribution is 5.63. The molecule has 0 aliphatic carbocycles. The van der Waals surface area contributed by atoms with E-state index in [9.17, 15) is 5.11 Å². The van der Waals surface area contributed by atoms with Crippen molar-refractivity contribution >= 4 is 0 Å². The van der Waals surface area contributed by atoms with Crippen LogP contribution in [-0.2, 0) is 6.54 Å². The van der Waals surface area contributed by atoms with E-state index >= 15 is 0 Å². The number of hydrogen-bond acceptors (Lipinski definition) is 4. The van der Waals surface area contributed by atoms with E-state index in [1.165, 1.54) is 29.5 Å². The summed E-state index contributed by atoms with van der Waals surface area (Å²) < 4.78 is 0. The monoisotopic (exact) mass is 342 g/mol. The fourth-order valence-electron chi connectivity index (χ4n) is 3.65. The van der Waals surface area contributed by atoms with Crippen molar-refractivity contribution in [3.05, 3.63) is 41.6 Å². The minimum atomic E-state index is -0.226. The van der Waals surface area contributed by atoms with Crippen molar-refractivity contribution in [3.63, 3.8) is 0 Å². The predicted molar refractivity (Wildman–Crippen MR) is 101 cm³/mol. The van der Waals surface area contributed by atoms with Crippen LogP contribution in [-0.4, -0.2) is 52.5 Å². The van der Waals surface area contributed by atoms with Crippen LogP contribution in [0.25, 0.3) is 11.3 Å². The second kappa shape index (κ2) is 8.61. The zero-order valence-electron chi connectivity index (χ0n) is 15.3. The average molecular weight is 342 g/mol. The Morgan fingerprint density at radius 1 is 1.36 bits per heavy atom. The zero-order chi connectivity index (χ0) is 17.6. The Morgan fingerprint density at radius 2 is 2.16 bits per heavy atom. The van der Waals surface area contributed by atoms with Crippen molar-refractivity contribution in [1.29, 1.82) is 0 Å². The molecule has 0 saturated carbocycles. The summed E-state index contributed by atoms with van der Waals surface area (Å²) >= 11 is 0. The molecule has 1 aliphatic rings. The van der Waals surface area contributed by atoms with Crippen LogP contribution >= 0.6 is 0 Å². The molecule has 0 radical (unpaired) electrons. The van der Waals surface area contributed by atoms with Gasteiger partial charge in [0, 0.05) is 24.2 Å². The number of hydrogen-bond donors (Lipinski definition) is 3. The number of benzene rings is 1. The van der Waals surface area contributed by atoms with Crippen molar-refractivity contribution in [2.45, 2.75) is 39.3 Å². The van der Waals surface area contributed by atoms with E-state index in [0.29, 0.717) is 0 Å². The number of aliphatic hydroxyl groups excluding tert-OH is 1. The number of piperidine rings is 1. The first kappa shape index (κ1) is 18.1. The molecular weight excluding hydrogens is 312 g/mol. The van der Waals surface area contributed by atoms with Gasteiger partial charge in [0.25, 0.3) is 0 Å². The van der Waals surface area contributed by atoms with E-state index in [1.807, 2.05) is 13.1 Å². The number of nitrogens with zero attached hydrogens (tertiary/aromatic N) is 2. The summed E-state index contributed by atoms with van der Waals surface area (Å²) in [7, 11) is 0. The first-order valence-corrected chi connectivity index (χ1v) is 9.32. The number of aryl methyl sites for hydroxylation is 1. The lowest BCUT2D eigenvalue weighted by Crippen LogP contribution is -2.40. The van der Waals surface area contributed by atoms with Gasteiger partial charge in [-0.2, -0.15) is 5.10 Å². The van der Waals surface area contributed by atoms with Gasteiger partial charge in [0.1, 0.15) is 0 Å². The molecule has 1 aromatic carbocycles. The van der Waals surface area contributed by atoms with Gasteiger partial charge in [0.2, 0.25) is 0 Å². The van der Waals surface area contributed by atoms with Crippen molar-refractivity contribution in [2.24, 2.45) is 5.92 Å². The molecule has 136 valence electrons. The molecule has 2 heterocycles. The largest absolute Gasteiger partial charge is 0.392 e. The van der Waals surface area contributed by atoms with Crippen LogP contribution in [0.5, 0.6) is 0 Å². The Balaban J connectivity index is 1.47. The first-order valence-electron chi connectivity index (χ1n) is 9.32. The summed E-state index contributed by atoms with van der Waals surface area (Å²) in [5.41, 5.74) is 4.79. The maximum atomic E-state index is 9.49. The summed E-state index contributed by atoms with van der Waals surface area (Å²) in [6, 6.07) is 8.52. The van der Waals surface area contributed by atoms with Crippen molar-refractivity contribution < 1.29 is 5.11 Å². The number of aliphatic hydroxyl groups is 1. The third-order valence-corrected chi connectivity index (χ3v) is 5.00. The summed E-state index contributed by atoms with van der Waals surface area (Å²) in [6.07, 6.45) is 4.11. The maximum absolute atomic E-state index is 9.49. The number of H-pyrrole nitrogens is 1. The van der Waals surface area contributed by atoms with Gasteiger partial charge >= 0.3 is 0 Å². The fraction of sp³-hybridized carbons (Fsp3) is 0.550. The summed E-state index contributed by atoms with van der Waals surface area (Å²) in [5.74, 6) is 0.722. The Hall–Kier alpha value is -1.69. The lowest BCUT2D eigenvalue weighted by atomic mass is 9.96. The predicted octanol–water partition coefficient (Wildman–Crippen LogP) is 2.57. The molecule has 0 unspecified atom stereocenters. The highest BCUT2D eigenvalue weighted by Gasteiger charge is 2.19. The Morgan fingerprint density at radius 3 is 2.88 bits per heavy atom. The second-order valence-corrected chi connectivity index (χ2v) is 7.36. The van der Waals surface area contributed by atoms with Crippen molar-refractivity contribution in [1.82, 2.24) is 20.4 Å². The van der Waals surface area contributed by atoms with E-state index in [4.69, 9.17) is 0 Å². The van der Waals surface area contributed by atoms with Gasteiger partial charge in [-0.3, -0.25) is 5.10 Å². The zero-order valence-corrected chi connectivity index (χ0v) is 15.3. The molecule has 25 heavy (non-hydrogen) atoms. The molecule has 0 bridgehead atoms. The highest BCUT2D eigenvalue weighted by atomic mass is 16.3. The lowest BCUT2D eigenvalue weighted by molar-refractivity contribution is 0.0998. The van der Waals surface area contributed by atoms with E-state index in [0.717, 1.165) is 44.3 Å². The topological polar surface area (TPSA) is 64.2 Å². The van der Waals surface area contributed by atoms with Crippen LogP contribution in [0.4, 0.5) is 0 Å². The van der Waals surface area contributed by atoms with Gasteiger partial charge in [-0.05, 0) is 58.3 Å². The Kier molecular flexibility index (Phi) is 6.24. The molecule has 5 heteroatoms. The number of likely N-dealkylation sites (tertiary alicyclic amines) is 1. The lowest BCUT2D eigenvalue weighted by Gasteiger charge is -2.32. The summed E-state index contributed by atoms with van der Waals surface area (Å²) in [4.78, 5) is 2.37. The SMILES string of the molecule is Cc1cccc(-c2[nH]ncc2CNCC2CCN(C[C@@H](C)O)CC2)c1. The van der Waals surface area contributed by atoms with Gasteiger partial charge < -0.3 is 15.3 Å². The molecule has 3 rings (SSSR count).